The van der Waals surface area contributed by atoms with Crippen LogP contribution < -0.4 is 5.46 Å². The molecule has 15 heteroatoms. The number of benzene rings is 14. The van der Waals surface area contributed by atoms with Crippen LogP contribution in [0.2, 0.25) is 5.28 Å². The number of halogens is 1. The molecular formula is C96H70BClN6O5S2. The van der Waals surface area contributed by atoms with Gasteiger partial charge in [-0.15, -0.1) is 22.7 Å². The molecule has 0 saturated carbocycles. The second kappa shape index (κ2) is 29.0. The average Bonchev–Trinajstić information content (AvgIpc) is 1.58. The Kier molecular flexibility index (Phi) is 18.1. The van der Waals surface area contributed by atoms with E-state index in [0.717, 1.165) is 123 Å². The summed E-state index contributed by atoms with van der Waals surface area (Å²) in [5.74, 6) is 3.03. The van der Waals surface area contributed by atoms with Gasteiger partial charge in [-0.1, -0.05) is 243 Å². The largest absolute Gasteiger partial charge is 0.495 e. The number of rotatable bonds is 8. The summed E-state index contributed by atoms with van der Waals surface area (Å²) in [5.41, 5.74) is 12.6. The van der Waals surface area contributed by atoms with Gasteiger partial charge in [0.2, 0.25) is 5.28 Å². The van der Waals surface area contributed by atoms with Crippen LogP contribution in [0.1, 0.15) is 40.5 Å². The Bertz CT molecular complexity index is 6790. The average molecular weight is 1500 g/mol. The highest BCUT2D eigenvalue weighted by atomic mass is 35.5. The molecule has 0 unspecified atom stereocenters. The quantitative estimate of drug-likeness (QED) is 0.135. The summed E-state index contributed by atoms with van der Waals surface area (Å²) in [6.45, 7) is 10.4. The predicted molar refractivity (Wildman–Crippen MR) is 460 cm³/mol. The van der Waals surface area contributed by atoms with E-state index in [2.05, 4.69) is 225 Å². The molecule has 0 bridgehead atoms. The van der Waals surface area contributed by atoms with Crippen LogP contribution in [0.25, 0.3) is 185 Å². The number of thiophene rings is 2. The first-order chi connectivity index (χ1) is 54.4. The zero-order valence-corrected chi connectivity index (χ0v) is 63.6. The van der Waals surface area contributed by atoms with E-state index >= 15 is 0 Å². The van der Waals surface area contributed by atoms with Crippen molar-refractivity contribution < 1.29 is 22.9 Å². The number of nitrogens with zero attached hydrogens (tertiary/aromatic N) is 6. The number of ether oxygens (including phenoxy) is 1. The Morgan fingerprint density at radius 2 is 0.676 bits per heavy atom. The second-order valence-electron chi connectivity index (χ2n) is 28.9. The molecule has 0 amide bonds. The third-order valence-corrected chi connectivity index (χ3v) is 23.8. The molecule has 6 aromatic heterocycles. The van der Waals surface area contributed by atoms with Crippen molar-refractivity contribution >= 4 is 153 Å². The van der Waals surface area contributed by atoms with E-state index in [1.165, 1.54) is 64.1 Å². The minimum Gasteiger partial charge on any atom is -0.455 e. The summed E-state index contributed by atoms with van der Waals surface area (Å²) in [5, 5.41) is 14.1. The van der Waals surface area contributed by atoms with Gasteiger partial charge in [0, 0.05) is 114 Å². The molecule has 8 heterocycles. The molecular weight excluding hydrogens is 1430 g/mol. The highest BCUT2D eigenvalue weighted by Crippen LogP contribution is 2.49. The highest BCUT2D eigenvalue weighted by molar-refractivity contribution is 7.26. The standard InChI is InChI=1S/C43H25N3OS.C34H27BO3S.C15H10ClN3.C4H8O/c1-3-12-26(13-4-1)41-44-42(27-14-5-2-6-15-27)46-43(45-41)33-23-22-31(30-19-11-21-37-38(30)32-18-9-10-20-36(32)48-37)40-39(33)34-24-28-16-7-8-17-29(28)25-35(34)47-40;1-33(2)34(3,4)38-35(37-33)26-17-16-23(22-13-9-15-29-30(22)24-12-7-8-14-28(24)39-29)32-31(26)25-18-20-10-5-6-11-21(20)19-27(25)36-32;16-15-18-13(11-7-3-1-4-8-11)17-14(19-15)12-9-5-2-6-10-12;1-2-4-5-3-1/h1-25H;5-19H,1-4H3;1-10H;1-4H2. The van der Waals surface area contributed by atoms with Gasteiger partial charge in [0.15, 0.2) is 29.1 Å². The number of hydrogen-bond acceptors (Lipinski definition) is 13. The lowest BCUT2D eigenvalue weighted by Gasteiger charge is -2.32. The molecule has 0 N–H and O–H groups in total. The van der Waals surface area contributed by atoms with Crippen molar-refractivity contribution in [1.82, 2.24) is 29.9 Å². The smallest absolute Gasteiger partial charge is 0.455 e. The summed E-state index contributed by atoms with van der Waals surface area (Å²) >= 11 is 9.65. The maximum absolute atomic E-state index is 6.91. The number of aromatic nitrogens is 6. The fourth-order valence-electron chi connectivity index (χ4n) is 15.2. The van der Waals surface area contributed by atoms with Gasteiger partial charge in [-0.05, 0) is 151 Å². The van der Waals surface area contributed by atoms with Crippen LogP contribution in [0.5, 0.6) is 0 Å². The highest BCUT2D eigenvalue weighted by Gasteiger charge is 2.52. The van der Waals surface area contributed by atoms with Crippen LogP contribution in [0.4, 0.5) is 0 Å². The predicted octanol–water partition coefficient (Wildman–Crippen LogP) is 25.7. The Labute approximate surface area is 653 Å². The number of hydrogen-bond donors (Lipinski definition) is 0. The molecule has 2 aliphatic rings. The molecule has 14 aromatic carbocycles. The van der Waals surface area contributed by atoms with Crippen LogP contribution in [0.3, 0.4) is 0 Å². The lowest BCUT2D eigenvalue weighted by atomic mass is 9.75. The minimum atomic E-state index is -0.489. The van der Waals surface area contributed by atoms with Gasteiger partial charge >= 0.3 is 7.12 Å². The summed E-state index contributed by atoms with van der Waals surface area (Å²) in [7, 11) is -0.489. The van der Waals surface area contributed by atoms with E-state index < -0.39 is 18.3 Å². The topological polar surface area (TPSA) is 131 Å². The number of furan rings is 2. The minimum absolute atomic E-state index is 0.202. The Balaban J connectivity index is 0.000000117. The summed E-state index contributed by atoms with van der Waals surface area (Å²) in [6, 6.07) is 104. The van der Waals surface area contributed by atoms with Gasteiger partial charge in [0.05, 0.1) is 11.2 Å². The maximum Gasteiger partial charge on any atom is 0.495 e. The molecule has 2 aliphatic heterocycles. The van der Waals surface area contributed by atoms with Crippen LogP contribution in [0.15, 0.2) is 312 Å². The van der Waals surface area contributed by atoms with Gasteiger partial charge in [-0.3, -0.25) is 0 Å². The van der Waals surface area contributed by atoms with Crippen molar-refractivity contribution in [3.63, 3.8) is 0 Å². The molecule has 536 valence electrons. The first kappa shape index (κ1) is 69.4. The second-order valence-corrected chi connectivity index (χ2v) is 31.4. The molecule has 0 aliphatic carbocycles. The van der Waals surface area contributed by atoms with Crippen molar-refractivity contribution in [3.8, 4) is 79.2 Å². The third kappa shape index (κ3) is 13.1. The SMILES string of the molecule is C1CCOC1.CC1(C)OB(c2ccc(-c3cccc4sc5ccccc5c34)c3oc4cc5ccccc5cc4c23)OC1(C)C.Clc1nc(-c2ccccc2)nc(-c2ccccc2)n1.c1ccc(-c2nc(-c3ccccc3)nc(-c3ccc(-c4cccc5sc6ccccc6c45)c4oc5cc6ccccc6cc5c34)n2)cc1. The van der Waals surface area contributed by atoms with Crippen molar-refractivity contribution in [1.29, 1.82) is 0 Å². The molecule has 0 radical (unpaired) electrons. The molecule has 22 rings (SSSR count). The Morgan fingerprint density at radius 1 is 0.315 bits per heavy atom. The van der Waals surface area contributed by atoms with E-state index in [1.54, 1.807) is 0 Å². The molecule has 11 nitrogen and oxygen atoms in total. The first-order valence-electron chi connectivity index (χ1n) is 37.3. The van der Waals surface area contributed by atoms with Crippen molar-refractivity contribution in [2.45, 2.75) is 51.7 Å². The molecule has 0 atom stereocenters. The lowest BCUT2D eigenvalue weighted by molar-refractivity contribution is 0.00578. The van der Waals surface area contributed by atoms with Crippen molar-refractivity contribution in [2.24, 2.45) is 0 Å². The van der Waals surface area contributed by atoms with Gasteiger partial charge in [0.1, 0.15) is 22.3 Å². The Hall–Kier alpha value is -12.1. The molecule has 20 aromatic rings. The molecule has 2 saturated heterocycles. The van der Waals surface area contributed by atoms with Crippen LogP contribution in [-0.4, -0.2) is 61.4 Å². The zero-order chi connectivity index (χ0) is 74.7. The molecule has 0 spiro atoms. The van der Waals surface area contributed by atoms with E-state index in [4.69, 9.17) is 49.4 Å². The molecule has 111 heavy (non-hydrogen) atoms. The Morgan fingerprint density at radius 3 is 1.12 bits per heavy atom. The van der Waals surface area contributed by atoms with Gasteiger partial charge < -0.3 is 22.9 Å². The van der Waals surface area contributed by atoms with Crippen LogP contribution in [0, 0.1) is 0 Å². The van der Waals surface area contributed by atoms with Gasteiger partial charge in [-0.25, -0.2) is 19.9 Å². The summed E-state index contributed by atoms with van der Waals surface area (Å²) < 4.78 is 36.9. The summed E-state index contributed by atoms with van der Waals surface area (Å²) in [6.07, 6.45) is 2.56. The number of fused-ring (bicyclic) bond motifs is 14. The normalized spacial score (nSPS) is 13.9. The third-order valence-electron chi connectivity index (χ3n) is 21.3. The monoisotopic (exact) mass is 1500 g/mol. The first-order valence-corrected chi connectivity index (χ1v) is 39.3. The molecule has 2 fully saturated rings. The maximum atomic E-state index is 6.91. The van der Waals surface area contributed by atoms with Crippen molar-refractivity contribution in [2.75, 3.05) is 13.2 Å². The fraction of sp³-hybridized carbons (Fsp3) is 0.104. The van der Waals surface area contributed by atoms with Gasteiger partial charge in [-0.2, -0.15) is 9.97 Å². The van der Waals surface area contributed by atoms with Crippen molar-refractivity contribution in [3.05, 3.63) is 309 Å². The van der Waals surface area contributed by atoms with E-state index in [9.17, 15) is 0 Å². The fourth-order valence-corrected chi connectivity index (χ4v) is 17.6. The van der Waals surface area contributed by atoms with E-state index in [1.807, 2.05) is 144 Å². The van der Waals surface area contributed by atoms with Crippen LogP contribution in [-0.2, 0) is 14.0 Å². The van der Waals surface area contributed by atoms with Crippen LogP contribution >= 0.6 is 34.3 Å². The zero-order valence-electron chi connectivity index (χ0n) is 61.2. The lowest BCUT2D eigenvalue weighted by Crippen LogP contribution is -2.41. The van der Waals surface area contributed by atoms with E-state index in [0.29, 0.717) is 29.1 Å². The van der Waals surface area contributed by atoms with E-state index in [-0.39, 0.29) is 5.28 Å². The van der Waals surface area contributed by atoms with Gasteiger partial charge in [0.25, 0.3) is 0 Å². The summed E-state index contributed by atoms with van der Waals surface area (Å²) in [4.78, 5) is 28.0.